The van der Waals surface area contributed by atoms with E-state index in [0.717, 1.165) is 6.07 Å². The summed E-state index contributed by atoms with van der Waals surface area (Å²) in [6, 6.07) is 2.44. The number of rotatable bonds is 7. The third kappa shape index (κ3) is 3.68. The monoisotopic (exact) mass is 369 g/mol. The van der Waals surface area contributed by atoms with Crippen molar-refractivity contribution in [2.45, 2.75) is 25.4 Å². The molecule has 0 bridgehead atoms. The highest BCUT2D eigenvalue weighted by Gasteiger charge is 2.23. The molecule has 0 saturated heterocycles. The van der Waals surface area contributed by atoms with E-state index in [1.807, 2.05) is 6.92 Å². The summed E-state index contributed by atoms with van der Waals surface area (Å²) in [4.78, 5) is 15.4. The van der Waals surface area contributed by atoms with E-state index in [-0.39, 0.29) is 27.8 Å². The van der Waals surface area contributed by atoms with Crippen LogP contribution in [0.2, 0.25) is 0 Å². The molecule has 9 nitrogen and oxygen atoms in total. The number of hydrogen-bond donors (Lipinski definition) is 2. The van der Waals surface area contributed by atoms with Crippen LogP contribution in [0.5, 0.6) is 11.5 Å². The number of nitrogens with zero attached hydrogens (tertiary/aromatic N) is 2. The number of ether oxygens (including phenoxy) is 2. The van der Waals surface area contributed by atoms with E-state index >= 15 is 0 Å². The second-order valence-corrected chi connectivity index (χ2v) is 6.71. The lowest BCUT2D eigenvalue weighted by Gasteiger charge is -2.14. The third-order valence-electron chi connectivity index (χ3n) is 3.57. The summed E-state index contributed by atoms with van der Waals surface area (Å²) >= 11 is 0. The van der Waals surface area contributed by atoms with Crippen molar-refractivity contribution in [3.05, 3.63) is 29.7 Å². The first-order chi connectivity index (χ1) is 11.7. The largest absolute Gasteiger partial charge is 0.496 e. The van der Waals surface area contributed by atoms with Crippen molar-refractivity contribution in [1.82, 2.24) is 9.55 Å². The van der Waals surface area contributed by atoms with Crippen LogP contribution in [0.3, 0.4) is 0 Å². The summed E-state index contributed by atoms with van der Waals surface area (Å²) in [7, 11) is -1.37. The molecule has 0 fully saturated rings. The van der Waals surface area contributed by atoms with Gasteiger partial charge in [0.15, 0.2) is 5.03 Å². The third-order valence-corrected chi connectivity index (χ3v) is 4.80. The molecule has 0 aliphatic rings. The van der Waals surface area contributed by atoms with Gasteiger partial charge in [0.25, 0.3) is 10.0 Å². The molecular formula is C15H19N3O6S. The van der Waals surface area contributed by atoms with E-state index in [0.29, 0.717) is 12.4 Å². The normalized spacial score (nSPS) is 11.2. The molecule has 0 spiro atoms. The molecular weight excluding hydrogens is 350 g/mol. The van der Waals surface area contributed by atoms with Gasteiger partial charge in [-0.1, -0.05) is 0 Å². The first-order valence-electron chi connectivity index (χ1n) is 7.29. The Labute approximate surface area is 145 Å². The van der Waals surface area contributed by atoms with Crippen LogP contribution in [-0.4, -0.2) is 43.3 Å². The quantitative estimate of drug-likeness (QED) is 0.762. The molecule has 136 valence electrons. The SMILES string of the molecule is CCn1cc(S(=O)(=O)Nc2cc(C(=O)O)c(OC)cc2OC)nc1C. The van der Waals surface area contributed by atoms with E-state index in [1.54, 1.807) is 11.5 Å². The Morgan fingerprint density at radius 1 is 1.28 bits per heavy atom. The maximum absolute atomic E-state index is 12.6. The van der Waals surface area contributed by atoms with Crippen molar-refractivity contribution in [2.24, 2.45) is 0 Å². The van der Waals surface area contributed by atoms with Crippen molar-refractivity contribution in [3.8, 4) is 11.5 Å². The van der Waals surface area contributed by atoms with E-state index in [2.05, 4.69) is 9.71 Å². The van der Waals surface area contributed by atoms with Gasteiger partial charge < -0.3 is 19.1 Å². The average molecular weight is 369 g/mol. The fourth-order valence-electron chi connectivity index (χ4n) is 2.27. The van der Waals surface area contributed by atoms with Crippen molar-refractivity contribution in [1.29, 1.82) is 0 Å². The zero-order valence-corrected chi connectivity index (χ0v) is 15.0. The summed E-state index contributed by atoms with van der Waals surface area (Å²) in [6.45, 7) is 4.13. The van der Waals surface area contributed by atoms with Crippen molar-refractivity contribution in [3.63, 3.8) is 0 Å². The molecule has 0 amide bonds. The number of aromatic nitrogens is 2. The smallest absolute Gasteiger partial charge is 0.339 e. The second kappa shape index (κ2) is 7.01. The summed E-state index contributed by atoms with van der Waals surface area (Å²) < 4.78 is 39.3. The van der Waals surface area contributed by atoms with Gasteiger partial charge in [-0.3, -0.25) is 4.72 Å². The molecule has 10 heteroatoms. The van der Waals surface area contributed by atoms with Crippen LogP contribution in [0, 0.1) is 6.92 Å². The van der Waals surface area contributed by atoms with Gasteiger partial charge in [0.2, 0.25) is 0 Å². The zero-order valence-electron chi connectivity index (χ0n) is 14.2. The highest BCUT2D eigenvalue weighted by atomic mass is 32.2. The van der Waals surface area contributed by atoms with E-state index in [4.69, 9.17) is 9.47 Å². The Hall–Kier alpha value is -2.75. The van der Waals surface area contributed by atoms with Crippen molar-refractivity contribution in [2.75, 3.05) is 18.9 Å². The molecule has 0 aliphatic heterocycles. The predicted molar refractivity (Wildman–Crippen MR) is 90.0 cm³/mol. The van der Waals surface area contributed by atoms with Crippen LogP contribution in [0.15, 0.2) is 23.4 Å². The molecule has 2 N–H and O–H groups in total. The molecule has 1 aromatic carbocycles. The molecule has 0 unspecified atom stereocenters. The fraction of sp³-hybridized carbons (Fsp3) is 0.333. The lowest BCUT2D eigenvalue weighted by Crippen LogP contribution is -2.15. The number of methoxy groups -OCH3 is 2. The molecule has 0 aliphatic carbocycles. The number of carbonyl (C=O) groups is 1. The number of aryl methyl sites for hydroxylation is 2. The van der Waals surface area contributed by atoms with E-state index in [9.17, 15) is 18.3 Å². The lowest BCUT2D eigenvalue weighted by molar-refractivity contribution is 0.0693. The Kier molecular flexibility index (Phi) is 5.21. The first-order valence-corrected chi connectivity index (χ1v) is 8.77. The minimum atomic E-state index is -4.02. The standard InChI is InChI=1S/C15H19N3O6S/c1-5-18-8-14(16-9(18)2)25(21,22)17-11-6-10(15(19)20)12(23-3)7-13(11)24-4/h6-8,17H,5H2,1-4H3,(H,19,20). The number of carboxylic acids is 1. The maximum Gasteiger partial charge on any atom is 0.339 e. The van der Waals surface area contributed by atoms with Crippen LogP contribution in [-0.2, 0) is 16.6 Å². The second-order valence-electron chi connectivity index (χ2n) is 5.08. The van der Waals surface area contributed by atoms with Gasteiger partial charge in [-0.05, 0) is 19.9 Å². The summed E-state index contributed by atoms with van der Waals surface area (Å²) in [5.74, 6) is -0.530. The average Bonchev–Trinajstić information content (AvgIpc) is 2.95. The highest BCUT2D eigenvalue weighted by molar-refractivity contribution is 7.92. The topological polar surface area (TPSA) is 120 Å². The molecule has 1 heterocycles. The lowest BCUT2D eigenvalue weighted by atomic mass is 10.1. The van der Waals surface area contributed by atoms with Gasteiger partial charge in [-0.25, -0.2) is 9.78 Å². The van der Waals surface area contributed by atoms with Crippen LogP contribution >= 0.6 is 0 Å². The minimum Gasteiger partial charge on any atom is -0.496 e. The zero-order chi connectivity index (χ0) is 18.8. The Bertz CT molecular complexity index is 904. The van der Waals surface area contributed by atoms with E-state index in [1.165, 1.54) is 26.5 Å². The molecule has 2 aromatic rings. The van der Waals surface area contributed by atoms with Gasteiger partial charge in [0.05, 0.1) is 19.9 Å². The molecule has 25 heavy (non-hydrogen) atoms. The fourth-order valence-corrected chi connectivity index (χ4v) is 3.34. The van der Waals surface area contributed by atoms with Gasteiger partial charge in [0.1, 0.15) is 22.9 Å². The Morgan fingerprint density at radius 2 is 1.92 bits per heavy atom. The Morgan fingerprint density at radius 3 is 2.40 bits per heavy atom. The number of anilines is 1. The number of nitrogens with one attached hydrogen (secondary N) is 1. The molecule has 0 radical (unpaired) electrons. The molecule has 1 aromatic heterocycles. The number of sulfonamides is 1. The number of aromatic carboxylic acids is 1. The van der Waals surface area contributed by atoms with Crippen molar-refractivity contribution >= 4 is 21.7 Å². The van der Waals surface area contributed by atoms with Gasteiger partial charge in [-0.2, -0.15) is 8.42 Å². The predicted octanol–water partition coefficient (Wildman–Crippen LogP) is 1.73. The molecule has 2 rings (SSSR count). The van der Waals surface area contributed by atoms with Crippen molar-refractivity contribution < 1.29 is 27.8 Å². The van der Waals surface area contributed by atoms with Crippen LogP contribution < -0.4 is 14.2 Å². The number of hydrogen-bond acceptors (Lipinski definition) is 6. The number of carboxylic acid groups (broad SMARTS) is 1. The van der Waals surface area contributed by atoms with Gasteiger partial charge >= 0.3 is 5.97 Å². The maximum atomic E-state index is 12.6. The summed E-state index contributed by atoms with van der Waals surface area (Å²) in [6.07, 6.45) is 1.41. The number of imidazole rings is 1. The first kappa shape index (κ1) is 18.6. The summed E-state index contributed by atoms with van der Waals surface area (Å²) in [5, 5.41) is 9.09. The van der Waals surface area contributed by atoms with Crippen LogP contribution in [0.1, 0.15) is 23.1 Å². The highest BCUT2D eigenvalue weighted by Crippen LogP contribution is 2.34. The Balaban J connectivity index is 2.50. The minimum absolute atomic E-state index is 0.0237. The van der Waals surface area contributed by atoms with Crippen LogP contribution in [0.4, 0.5) is 5.69 Å². The number of benzene rings is 1. The molecule has 0 saturated carbocycles. The molecule has 0 atom stereocenters. The van der Waals surface area contributed by atoms with Gasteiger partial charge in [0, 0.05) is 18.8 Å². The van der Waals surface area contributed by atoms with E-state index < -0.39 is 16.0 Å². The van der Waals surface area contributed by atoms with Gasteiger partial charge in [-0.15, -0.1) is 0 Å². The van der Waals surface area contributed by atoms with Crippen LogP contribution in [0.25, 0.3) is 0 Å². The summed E-state index contributed by atoms with van der Waals surface area (Å²) in [5.41, 5.74) is -0.222.